The average Bonchev–Trinajstić information content (AvgIpc) is 2.87. The number of hydrogen-bond donors (Lipinski definition) is 1. The predicted octanol–water partition coefficient (Wildman–Crippen LogP) is 2.00. The van der Waals surface area contributed by atoms with Crippen molar-refractivity contribution in [3.63, 3.8) is 0 Å². The first-order valence-electron chi connectivity index (χ1n) is 5.94. The molecule has 5 nitrogen and oxygen atoms in total. The summed E-state index contributed by atoms with van der Waals surface area (Å²) in [7, 11) is 0. The Balaban J connectivity index is 1.72. The van der Waals surface area contributed by atoms with Gasteiger partial charge >= 0.3 is 6.09 Å². The summed E-state index contributed by atoms with van der Waals surface area (Å²) in [6, 6.07) is 7.49. The third kappa shape index (κ3) is 2.17. The number of aromatic amines is 1. The zero-order valence-corrected chi connectivity index (χ0v) is 9.89. The molecule has 2 heterocycles. The van der Waals surface area contributed by atoms with Gasteiger partial charge in [0.15, 0.2) is 0 Å². The lowest BCUT2D eigenvalue weighted by Crippen LogP contribution is -2.42. The summed E-state index contributed by atoms with van der Waals surface area (Å²) >= 11 is 0. The number of amides is 1. The van der Waals surface area contributed by atoms with Gasteiger partial charge in [0.1, 0.15) is 5.75 Å². The van der Waals surface area contributed by atoms with Crippen molar-refractivity contribution in [3.8, 4) is 5.75 Å². The highest BCUT2D eigenvalue weighted by Gasteiger charge is 2.18. The number of carbonyl (C=O) groups is 1. The number of fused-ring (bicyclic) bond motifs is 1. The van der Waals surface area contributed by atoms with Crippen LogP contribution in [-0.4, -0.2) is 42.3 Å². The molecule has 1 aromatic heterocycles. The largest absolute Gasteiger partial charge is 0.415 e. The van der Waals surface area contributed by atoms with E-state index in [-0.39, 0.29) is 6.09 Å². The lowest BCUT2D eigenvalue weighted by Gasteiger charge is -2.25. The van der Waals surface area contributed by atoms with Gasteiger partial charge in [-0.1, -0.05) is 0 Å². The van der Waals surface area contributed by atoms with E-state index in [9.17, 15) is 4.79 Å². The van der Waals surface area contributed by atoms with E-state index in [0.717, 1.165) is 10.9 Å². The molecule has 0 atom stereocenters. The minimum atomic E-state index is -0.312. The molecule has 94 valence electrons. The Kier molecular flexibility index (Phi) is 2.90. The first-order chi connectivity index (χ1) is 8.83. The van der Waals surface area contributed by atoms with E-state index in [1.54, 1.807) is 11.0 Å². The Hall–Kier alpha value is -2.01. The van der Waals surface area contributed by atoms with E-state index < -0.39 is 0 Å². The third-order valence-corrected chi connectivity index (χ3v) is 3.00. The number of nitrogens with zero attached hydrogens (tertiary/aromatic N) is 1. The van der Waals surface area contributed by atoms with E-state index in [0.29, 0.717) is 32.1 Å². The van der Waals surface area contributed by atoms with Gasteiger partial charge in [-0.05, 0) is 24.3 Å². The molecule has 5 heteroatoms. The Morgan fingerprint density at radius 1 is 1.28 bits per heavy atom. The smallest absolute Gasteiger partial charge is 0.410 e. The molecule has 1 aliphatic rings. The molecular formula is C13H14N2O3. The van der Waals surface area contributed by atoms with Crippen LogP contribution in [0.25, 0.3) is 10.9 Å². The van der Waals surface area contributed by atoms with Crippen molar-refractivity contribution in [1.29, 1.82) is 0 Å². The fourth-order valence-electron chi connectivity index (χ4n) is 2.01. The molecule has 0 saturated carbocycles. The van der Waals surface area contributed by atoms with Gasteiger partial charge in [0, 0.05) is 30.2 Å². The molecule has 1 fully saturated rings. The molecular weight excluding hydrogens is 232 g/mol. The maximum absolute atomic E-state index is 11.9. The monoisotopic (exact) mass is 246 g/mol. The minimum absolute atomic E-state index is 0.312. The number of H-pyrrole nitrogens is 1. The average molecular weight is 246 g/mol. The maximum atomic E-state index is 11.9. The fourth-order valence-corrected chi connectivity index (χ4v) is 2.01. The predicted molar refractivity (Wildman–Crippen MR) is 66.7 cm³/mol. The van der Waals surface area contributed by atoms with Gasteiger partial charge in [-0.15, -0.1) is 0 Å². The number of hydrogen-bond acceptors (Lipinski definition) is 3. The van der Waals surface area contributed by atoms with Gasteiger partial charge in [0.2, 0.25) is 0 Å². The van der Waals surface area contributed by atoms with E-state index in [2.05, 4.69) is 4.98 Å². The molecule has 1 aliphatic heterocycles. The Bertz CT molecular complexity index is 558. The molecule has 18 heavy (non-hydrogen) atoms. The highest BCUT2D eigenvalue weighted by molar-refractivity contribution is 5.82. The van der Waals surface area contributed by atoms with Gasteiger partial charge in [0.05, 0.1) is 13.2 Å². The van der Waals surface area contributed by atoms with Crippen LogP contribution in [0.1, 0.15) is 0 Å². The van der Waals surface area contributed by atoms with Crippen molar-refractivity contribution in [1.82, 2.24) is 9.88 Å². The second kappa shape index (κ2) is 4.70. The summed E-state index contributed by atoms with van der Waals surface area (Å²) in [4.78, 5) is 16.6. The summed E-state index contributed by atoms with van der Waals surface area (Å²) in [6.45, 7) is 2.33. The standard InChI is InChI=1S/C13H14N2O3/c16-13(15-5-7-17-8-6-15)18-11-1-2-12-10(9-11)3-4-14-12/h1-4,9,14H,5-8H2. The van der Waals surface area contributed by atoms with Crippen molar-refractivity contribution in [2.24, 2.45) is 0 Å². The topological polar surface area (TPSA) is 54.6 Å². The Morgan fingerprint density at radius 2 is 2.11 bits per heavy atom. The van der Waals surface area contributed by atoms with Crippen molar-refractivity contribution >= 4 is 17.0 Å². The van der Waals surface area contributed by atoms with E-state index in [1.165, 1.54) is 0 Å². The third-order valence-electron chi connectivity index (χ3n) is 3.00. The van der Waals surface area contributed by atoms with Crippen molar-refractivity contribution < 1.29 is 14.3 Å². The summed E-state index contributed by atoms with van der Waals surface area (Å²) < 4.78 is 10.5. The second-order valence-electron chi connectivity index (χ2n) is 4.19. The molecule has 2 aromatic rings. The highest BCUT2D eigenvalue weighted by Crippen LogP contribution is 2.20. The molecule has 1 amide bonds. The maximum Gasteiger partial charge on any atom is 0.415 e. The number of nitrogens with one attached hydrogen (secondary N) is 1. The number of aromatic nitrogens is 1. The van der Waals surface area contributed by atoms with Crippen LogP contribution in [0, 0.1) is 0 Å². The van der Waals surface area contributed by atoms with Crippen LogP contribution in [0.3, 0.4) is 0 Å². The molecule has 0 unspecified atom stereocenters. The lowest BCUT2D eigenvalue weighted by molar-refractivity contribution is 0.0416. The van der Waals surface area contributed by atoms with Crippen molar-refractivity contribution in [2.45, 2.75) is 0 Å². The molecule has 0 radical (unpaired) electrons. The first kappa shape index (κ1) is 11.1. The Labute approximate surface area is 104 Å². The molecule has 3 rings (SSSR count). The number of benzene rings is 1. The van der Waals surface area contributed by atoms with Crippen molar-refractivity contribution in [3.05, 3.63) is 30.5 Å². The van der Waals surface area contributed by atoms with Crippen LogP contribution >= 0.6 is 0 Å². The molecule has 0 aliphatic carbocycles. The van der Waals surface area contributed by atoms with Gasteiger partial charge < -0.3 is 19.4 Å². The number of rotatable bonds is 1. The fraction of sp³-hybridized carbons (Fsp3) is 0.308. The zero-order chi connectivity index (χ0) is 12.4. The number of carbonyl (C=O) groups excluding carboxylic acids is 1. The second-order valence-corrected chi connectivity index (χ2v) is 4.19. The zero-order valence-electron chi connectivity index (χ0n) is 9.89. The van der Waals surface area contributed by atoms with Crippen LogP contribution in [0.5, 0.6) is 5.75 Å². The van der Waals surface area contributed by atoms with Crippen LogP contribution in [-0.2, 0) is 4.74 Å². The molecule has 1 saturated heterocycles. The summed E-state index contributed by atoms with van der Waals surface area (Å²) in [5, 5.41) is 1.03. The van der Waals surface area contributed by atoms with Crippen LogP contribution in [0.2, 0.25) is 0 Å². The van der Waals surface area contributed by atoms with E-state index >= 15 is 0 Å². The molecule has 0 bridgehead atoms. The van der Waals surface area contributed by atoms with Gasteiger partial charge in [-0.2, -0.15) is 0 Å². The van der Waals surface area contributed by atoms with Crippen LogP contribution in [0.4, 0.5) is 4.79 Å². The van der Waals surface area contributed by atoms with Gasteiger partial charge in [-0.25, -0.2) is 4.79 Å². The summed E-state index contributed by atoms with van der Waals surface area (Å²) in [5.74, 6) is 0.568. The van der Waals surface area contributed by atoms with E-state index in [4.69, 9.17) is 9.47 Å². The summed E-state index contributed by atoms with van der Waals surface area (Å²) in [5.41, 5.74) is 1.03. The van der Waals surface area contributed by atoms with Crippen LogP contribution in [0.15, 0.2) is 30.5 Å². The number of ether oxygens (including phenoxy) is 2. The van der Waals surface area contributed by atoms with Crippen LogP contribution < -0.4 is 4.74 Å². The minimum Gasteiger partial charge on any atom is -0.410 e. The SMILES string of the molecule is O=C(Oc1ccc2[nH]ccc2c1)N1CCOCC1. The van der Waals surface area contributed by atoms with E-state index in [1.807, 2.05) is 24.4 Å². The summed E-state index contributed by atoms with van der Waals surface area (Å²) in [6.07, 6.45) is 1.55. The molecule has 0 spiro atoms. The molecule has 1 N–H and O–H groups in total. The quantitative estimate of drug-likeness (QED) is 0.837. The normalized spacial score (nSPS) is 15.9. The highest BCUT2D eigenvalue weighted by atomic mass is 16.6. The van der Waals surface area contributed by atoms with Crippen molar-refractivity contribution in [2.75, 3.05) is 26.3 Å². The van der Waals surface area contributed by atoms with Gasteiger partial charge in [0.25, 0.3) is 0 Å². The van der Waals surface area contributed by atoms with Gasteiger partial charge in [-0.3, -0.25) is 0 Å². The first-order valence-corrected chi connectivity index (χ1v) is 5.94. The number of morpholine rings is 1. The lowest BCUT2D eigenvalue weighted by atomic mass is 10.2. The Morgan fingerprint density at radius 3 is 2.94 bits per heavy atom. The molecule has 1 aromatic carbocycles.